The van der Waals surface area contributed by atoms with Crippen molar-refractivity contribution in [2.45, 2.75) is 64.3 Å². The van der Waals surface area contributed by atoms with Gasteiger partial charge >= 0.3 is 0 Å². The Morgan fingerprint density at radius 3 is 2.78 bits per heavy atom. The lowest BCUT2D eigenvalue weighted by Gasteiger charge is -2.25. The molecule has 0 bridgehead atoms. The molecule has 9 nitrogen and oxygen atoms in total. The van der Waals surface area contributed by atoms with Crippen molar-refractivity contribution in [2.75, 3.05) is 11.9 Å². The molecule has 1 amide bonds. The van der Waals surface area contributed by atoms with Crippen LogP contribution in [0.15, 0.2) is 18.5 Å². The van der Waals surface area contributed by atoms with Gasteiger partial charge in [-0.1, -0.05) is 0 Å². The lowest BCUT2D eigenvalue weighted by Crippen LogP contribution is -2.28. The van der Waals surface area contributed by atoms with Gasteiger partial charge in [-0.3, -0.25) is 14.2 Å². The van der Waals surface area contributed by atoms with E-state index in [0.29, 0.717) is 42.6 Å². The van der Waals surface area contributed by atoms with Crippen molar-refractivity contribution in [1.29, 1.82) is 5.26 Å². The maximum atomic E-state index is 13.4. The largest absolute Gasteiger partial charge is 0.352 e. The van der Waals surface area contributed by atoms with E-state index in [1.165, 1.54) is 17.7 Å². The molecule has 3 aromatic rings. The van der Waals surface area contributed by atoms with Crippen LogP contribution in [0, 0.1) is 30.1 Å². The summed E-state index contributed by atoms with van der Waals surface area (Å²) < 4.78 is 2.03. The number of ketones is 1. The fourth-order valence-electron chi connectivity index (χ4n) is 5.08. The van der Waals surface area contributed by atoms with E-state index in [4.69, 9.17) is 5.26 Å². The van der Waals surface area contributed by atoms with Gasteiger partial charge in [0.1, 0.15) is 23.9 Å². The van der Waals surface area contributed by atoms with Crippen molar-refractivity contribution in [3.8, 4) is 6.07 Å². The molecule has 3 aromatic heterocycles. The minimum absolute atomic E-state index is 0.0370. The third kappa shape index (κ3) is 5.01. The van der Waals surface area contributed by atoms with Gasteiger partial charge in [-0.2, -0.15) is 5.26 Å². The highest BCUT2D eigenvalue weighted by Gasteiger charge is 2.35. The van der Waals surface area contributed by atoms with Gasteiger partial charge in [-0.15, -0.1) is 21.5 Å². The fourth-order valence-corrected chi connectivity index (χ4v) is 6.44. The molecule has 6 rings (SSSR count). The highest BCUT2D eigenvalue weighted by molar-refractivity contribution is 7.12. The second-order valence-electron chi connectivity index (χ2n) is 10.4. The van der Waals surface area contributed by atoms with Gasteiger partial charge in [0.25, 0.3) is 5.91 Å². The van der Waals surface area contributed by atoms with E-state index >= 15 is 0 Å². The molecule has 0 aromatic carbocycles. The lowest BCUT2D eigenvalue weighted by molar-refractivity contribution is -0.119. The predicted molar refractivity (Wildman–Crippen MR) is 139 cm³/mol. The molecule has 2 saturated carbocycles. The first-order valence-corrected chi connectivity index (χ1v) is 13.8. The number of rotatable bonds is 9. The molecule has 2 N–H and O–H groups in total. The zero-order valence-corrected chi connectivity index (χ0v) is 21.6. The Kier molecular flexibility index (Phi) is 6.24. The average Bonchev–Trinajstić information content (AvgIpc) is 3.83. The quantitative estimate of drug-likeness (QED) is 0.440. The monoisotopic (exact) mass is 515 g/mol. The number of nitrogens with one attached hydrogen (secondary N) is 2. The van der Waals surface area contributed by atoms with Gasteiger partial charge in [0.15, 0.2) is 0 Å². The Morgan fingerprint density at radius 1 is 1.22 bits per heavy atom. The Labute approximate surface area is 219 Å². The van der Waals surface area contributed by atoms with E-state index in [1.807, 2.05) is 17.6 Å². The van der Waals surface area contributed by atoms with Crippen LogP contribution in [0.25, 0.3) is 0 Å². The standard InChI is InChI=1S/C27H29N7O2S/c1-15-21(8-6-18(12-28)31-15)32-27-33-30-14-34(27)19-7-9-23-20(10-19)25(26(36)29-13-16-2-3-16)24(37-23)11-22(35)17-4-5-17/h6,8,14,16-17,19H,2-5,7,9-11,13H2,1H3,(H,29,36)(H,32,33)/t19-/m0/s1. The first kappa shape index (κ1) is 23.8. The van der Waals surface area contributed by atoms with Gasteiger partial charge in [0.2, 0.25) is 5.95 Å². The van der Waals surface area contributed by atoms with Crippen LogP contribution in [0.3, 0.4) is 0 Å². The summed E-state index contributed by atoms with van der Waals surface area (Å²) in [5, 5.41) is 24.0. The predicted octanol–water partition coefficient (Wildman–Crippen LogP) is 4.05. The number of carbonyl (C=O) groups excluding carboxylic acids is 2. The topological polar surface area (TPSA) is 126 Å². The summed E-state index contributed by atoms with van der Waals surface area (Å²) in [6, 6.07) is 5.63. The molecule has 3 aliphatic carbocycles. The van der Waals surface area contributed by atoms with E-state index in [1.54, 1.807) is 23.7 Å². The molecule has 3 aliphatic rings. The second kappa shape index (κ2) is 9.71. The first-order valence-electron chi connectivity index (χ1n) is 13.0. The molecule has 1 atom stereocenters. The van der Waals surface area contributed by atoms with Crippen molar-refractivity contribution in [3.05, 3.63) is 50.7 Å². The van der Waals surface area contributed by atoms with Gasteiger partial charge in [0.05, 0.1) is 16.9 Å². The highest BCUT2D eigenvalue weighted by atomic mass is 32.1. The molecule has 0 spiro atoms. The molecular formula is C27H29N7O2S. The molecule has 2 fully saturated rings. The number of hydrogen-bond acceptors (Lipinski definition) is 8. The number of nitriles is 1. The molecule has 10 heteroatoms. The summed E-state index contributed by atoms with van der Waals surface area (Å²) in [6.07, 6.45) is 8.82. The maximum Gasteiger partial charge on any atom is 0.252 e. The summed E-state index contributed by atoms with van der Waals surface area (Å²) in [5.41, 5.74) is 3.64. The molecule has 0 unspecified atom stereocenters. The van der Waals surface area contributed by atoms with E-state index in [9.17, 15) is 9.59 Å². The smallest absolute Gasteiger partial charge is 0.252 e. The SMILES string of the molecule is Cc1nc(C#N)ccc1Nc1nncn1[C@H]1CCc2sc(CC(=O)C3CC3)c(C(=O)NCC3CC3)c2C1. The van der Waals surface area contributed by atoms with Crippen molar-refractivity contribution in [3.63, 3.8) is 0 Å². The summed E-state index contributed by atoms with van der Waals surface area (Å²) in [5.74, 6) is 1.60. The van der Waals surface area contributed by atoms with Crippen LogP contribution in [0.1, 0.15) is 75.2 Å². The van der Waals surface area contributed by atoms with Crippen LogP contribution in [0.2, 0.25) is 0 Å². The third-order valence-electron chi connectivity index (χ3n) is 7.56. The number of fused-ring (bicyclic) bond motifs is 1. The number of pyridine rings is 1. The molecule has 37 heavy (non-hydrogen) atoms. The molecule has 3 heterocycles. The van der Waals surface area contributed by atoms with E-state index in [-0.39, 0.29) is 23.7 Å². The Hall–Kier alpha value is -3.58. The van der Waals surface area contributed by atoms with Crippen LogP contribution < -0.4 is 10.6 Å². The van der Waals surface area contributed by atoms with Crippen LogP contribution in [0.5, 0.6) is 0 Å². The lowest BCUT2D eigenvalue weighted by atomic mass is 9.90. The number of aryl methyl sites for hydroxylation is 2. The van der Waals surface area contributed by atoms with Gasteiger partial charge in [0, 0.05) is 34.7 Å². The molecule has 190 valence electrons. The summed E-state index contributed by atoms with van der Waals surface area (Å²) in [7, 11) is 0. The zero-order valence-electron chi connectivity index (χ0n) is 20.8. The van der Waals surface area contributed by atoms with Crippen LogP contribution in [-0.4, -0.2) is 38.0 Å². The first-order chi connectivity index (χ1) is 18.0. The summed E-state index contributed by atoms with van der Waals surface area (Å²) in [4.78, 5) is 32.6. The van der Waals surface area contributed by atoms with Crippen molar-refractivity contribution >= 4 is 34.7 Å². The summed E-state index contributed by atoms with van der Waals surface area (Å²) in [6.45, 7) is 2.56. The second-order valence-corrected chi connectivity index (χ2v) is 11.6. The maximum absolute atomic E-state index is 13.4. The molecular weight excluding hydrogens is 486 g/mol. The molecule has 0 aliphatic heterocycles. The number of anilines is 2. The van der Waals surface area contributed by atoms with Gasteiger partial charge in [-0.05, 0) is 75.5 Å². The Balaban J connectivity index is 1.26. The number of carbonyl (C=O) groups is 2. The average molecular weight is 516 g/mol. The van der Waals surface area contributed by atoms with Gasteiger partial charge < -0.3 is 10.6 Å². The molecule has 0 radical (unpaired) electrons. The number of aromatic nitrogens is 4. The van der Waals surface area contributed by atoms with Crippen molar-refractivity contribution in [2.24, 2.45) is 11.8 Å². The molecule has 0 saturated heterocycles. The number of Topliss-reactive ketones (excluding diaryl/α,β-unsaturated/α-hetero) is 1. The number of thiophene rings is 1. The van der Waals surface area contributed by atoms with E-state index in [0.717, 1.165) is 47.4 Å². The number of hydrogen-bond donors (Lipinski definition) is 2. The number of amides is 1. The van der Waals surface area contributed by atoms with Crippen molar-refractivity contribution in [1.82, 2.24) is 25.1 Å². The van der Waals surface area contributed by atoms with Crippen molar-refractivity contribution < 1.29 is 9.59 Å². The minimum Gasteiger partial charge on any atom is -0.352 e. The third-order valence-corrected chi connectivity index (χ3v) is 8.86. The normalized spacial score (nSPS) is 18.6. The Bertz CT molecular complexity index is 1410. The highest BCUT2D eigenvalue weighted by Crippen LogP contribution is 2.41. The minimum atomic E-state index is -0.0370. The Morgan fingerprint density at radius 2 is 2.05 bits per heavy atom. The number of nitrogens with zero attached hydrogens (tertiary/aromatic N) is 5. The fraction of sp³-hybridized carbons (Fsp3) is 0.481. The summed E-state index contributed by atoms with van der Waals surface area (Å²) >= 11 is 1.65. The van der Waals surface area contributed by atoms with Crippen LogP contribution in [-0.2, 0) is 24.1 Å². The van der Waals surface area contributed by atoms with Crippen LogP contribution >= 0.6 is 11.3 Å². The zero-order chi connectivity index (χ0) is 25.5. The van der Waals surface area contributed by atoms with E-state index in [2.05, 4.69) is 31.9 Å². The van der Waals surface area contributed by atoms with E-state index < -0.39 is 0 Å². The van der Waals surface area contributed by atoms with Crippen LogP contribution in [0.4, 0.5) is 11.6 Å². The van der Waals surface area contributed by atoms with Gasteiger partial charge in [-0.25, -0.2) is 4.98 Å².